The van der Waals surface area contributed by atoms with Crippen LogP contribution in [0.1, 0.15) is 23.2 Å². The minimum absolute atomic E-state index is 0.0810. The Hall–Kier alpha value is -2.03. The topological polar surface area (TPSA) is 84.5 Å². The Morgan fingerprint density at radius 2 is 1.85 bits per heavy atom. The van der Waals surface area contributed by atoms with Gasteiger partial charge in [-0.1, -0.05) is 0 Å². The third kappa shape index (κ3) is 5.24. The lowest BCUT2D eigenvalue weighted by molar-refractivity contribution is 0.0858. The lowest BCUT2D eigenvalue weighted by atomic mass is 10.2. The molecule has 1 heterocycles. The Balaban J connectivity index is 1.61. The number of rotatable bonds is 7. The molecule has 1 fully saturated rings. The molecular formula is C19H22N2O4S2. The molecule has 0 spiro atoms. The molecule has 6 nitrogen and oxygen atoms in total. The first-order valence-electron chi connectivity index (χ1n) is 8.65. The van der Waals surface area contributed by atoms with Gasteiger partial charge in [-0.15, -0.1) is 11.8 Å². The van der Waals surface area contributed by atoms with Gasteiger partial charge in [-0.2, -0.15) is 0 Å². The first-order chi connectivity index (χ1) is 13.0. The second-order valence-electron chi connectivity index (χ2n) is 6.20. The molecule has 1 amide bonds. The lowest BCUT2D eigenvalue weighted by Gasteiger charge is -2.12. The molecular weight excluding hydrogens is 384 g/mol. The van der Waals surface area contributed by atoms with Crippen molar-refractivity contribution >= 4 is 33.4 Å². The summed E-state index contributed by atoms with van der Waals surface area (Å²) in [4.78, 5) is 13.4. The molecule has 1 saturated heterocycles. The number of ether oxygens (including phenoxy) is 1. The second-order valence-corrected chi connectivity index (χ2v) is 8.77. The number of hydrogen-bond acceptors (Lipinski definition) is 5. The summed E-state index contributed by atoms with van der Waals surface area (Å²) in [5.41, 5.74) is 0.875. The molecule has 27 heavy (non-hydrogen) atoms. The number of nitrogens with one attached hydrogen (secondary N) is 2. The lowest BCUT2D eigenvalue weighted by Crippen LogP contribution is -2.31. The highest BCUT2D eigenvalue weighted by atomic mass is 32.2. The number of anilines is 1. The molecule has 3 rings (SSSR count). The van der Waals surface area contributed by atoms with Crippen molar-refractivity contribution in [1.29, 1.82) is 0 Å². The molecule has 0 bridgehead atoms. The van der Waals surface area contributed by atoms with Crippen LogP contribution in [0, 0.1) is 0 Å². The van der Waals surface area contributed by atoms with Crippen LogP contribution < -0.4 is 10.0 Å². The van der Waals surface area contributed by atoms with Crippen LogP contribution in [0.15, 0.2) is 58.3 Å². The summed E-state index contributed by atoms with van der Waals surface area (Å²) < 4.78 is 32.9. The first kappa shape index (κ1) is 19.7. The van der Waals surface area contributed by atoms with E-state index in [4.69, 9.17) is 4.74 Å². The van der Waals surface area contributed by atoms with Crippen molar-refractivity contribution in [1.82, 2.24) is 5.32 Å². The van der Waals surface area contributed by atoms with Crippen LogP contribution in [0.5, 0.6) is 0 Å². The van der Waals surface area contributed by atoms with Gasteiger partial charge in [0.15, 0.2) is 0 Å². The number of hydrogen-bond donors (Lipinski definition) is 2. The van der Waals surface area contributed by atoms with E-state index in [1.165, 1.54) is 0 Å². The average Bonchev–Trinajstić information content (AvgIpc) is 3.20. The fourth-order valence-corrected chi connectivity index (χ4v) is 4.24. The predicted octanol–water partition coefficient (Wildman–Crippen LogP) is 3.12. The SMILES string of the molecule is CSc1ccc(S(=O)(=O)Nc2ccc(C(=O)NCC3CCCO3)cc2)cc1. The van der Waals surface area contributed by atoms with E-state index in [0.29, 0.717) is 17.8 Å². The maximum Gasteiger partial charge on any atom is 0.261 e. The number of thioether (sulfide) groups is 1. The molecule has 0 radical (unpaired) electrons. The quantitative estimate of drug-likeness (QED) is 0.690. The molecule has 1 aliphatic rings. The molecule has 0 aliphatic carbocycles. The summed E-state index contributed by atoms with van der Waals surface area (Å²) in [5, 5.41) is 2.84. The van der Waals surface area contributed by atoms with Crippen molar-refractivity contribution in [2.24, 2.45) is 0 Å². The van der Waals surface area contributed by atoms with Crippen LogP contribution in [0.2, 0.25) is 0 Å². The Morgan fingerprint density at radius 3 is 2.44 bits per heavy atom. The third-order valence-corrected chi connectivity index (χ3v) is 6.42. The summed E-state index contributed by atoms with van der Waals surface area (Å²) in [6, 6.07) is 13.0. The molecule has 1 unspecified atom stereocenters. The molecule has 2 aromatic carbocycles. The molecule has 0 aromatic heterocycles. The third-order valence-electron chi connectivity index (χ3n) is 4.28. The van der Waals surface area contributed by atoms with Crippen LogP contribution in [0.3, 0.4) is 0 Å². The Labute approximate surface area is 163 Å². The standard InChI is InChI=1S/C19H22N2O4S2/c1-26-17-8-10-18(11-9-17)27(23,24)21-15-6-4-14(5-7-15)19(22)20-13-16-3-2-12-25-16/h4-11,16,21H,2-3,12-13H2,1H3,(H,20,22). The maximum absolute atomic E-state index is 12.5. The zero-order chi connectivity index (χ0) is 19.3. The smallest absolute Gasteiger partial charge is 0.261 e. The van der Waals surface area contributed by atoms with Gasteiger partial charge in [0, 0.05) is 29.3 Å². The Morgan fingerprint density at radius 1 is 1.15 bits per heavy atom. The molecule has 144 valence electrons. The molecule has 2 aromatic rings. The van der Waals surface area contributed by atoms with Gasteiger partial charge in [0.1, 0.15) is 0 Å². The normalized spacial score (nSPS) is 16.9. The van der Waals surface area contributed by atoms with Crippen LogP contribution in [0.25, 0.3) is 0 Å². The van der Waals surface area contributed by atoms with E-state index < -0.39 is 10.0 Å². The highest BCUT2D eigenvalue weighted by molar-refractivity contribution is 7.98. The van der Waals surface area contributed by atoms with E-state index in [2.05, 4.69) is 10.0 Å². The summed E-state index contributed by atoms with van der Waals surface area (Å²) in [7, 11) is -3.67. The van der Waals surface area contributed by atoms with E-state index in [1.807, 2.05) is 6.26 Å². The second kappa shape index (κ2) is 8.77. The molecule has 1 aliphatic heterocycles. The van der Waals surface area contributed by atoms with Gasteiger partial charge >= 0.3 is 0 Å². The zero-order valence-electron chi connectivity index (χ0n) is 15.0. The fourth-order valence-electron chi connectivity index (χ4n) is 2.77. The van der Waals surface area contributed by atoms with Crippen LogP contribution in [-0.4, -0.2) is 39.8 Å². The molecule has 8 heteroatoms. The van der Waals surface area contributed by atoms with E-state index in [1.54, 1.807) is 60.3 Å². The minimum Gasteiger partial charge on any atom is -0.376 e. The average molecular weight is 407 g/mol. The van der Waals surface area contributed by atoms with Gasteiger partial charge in [-0.25, -0.2) is 8.42 Å². The van der Waals surface area contributed by atoms with Crippen LogP contribution >= 0.6 is 11.8 Å². The van der Waals surface area contributed by atoms with Crippen molar-refractivity contribution in [3.63, 3.8) is 0 Å². The molecule has 2 N–H and O–H groups in total. The summed E-state index contributed by atoms with van der Waals surface area (Å²) >= 11 is 1.55. The van der Waals surface area contributed by atoms with Crippen molar-refractivity contribution in [2.75, 3.05) is 24.1 Å². The highest BCUT2D eigenvalue weighted by Gasteiger charge is 2.17. The van der Waals surface area contributed by atoms with Crippen molar-refractivity contribution in [3.05, 3.63) is 54.1 Å². The number of benzene rings is 2. The number of carbonyl (C=O) groups excluding carboxylic acids is 1. The van der Waals surface area contributed by atoms with Crippen molar-refractivity contribution in [3.8, 4) is 0 Å². The van der Waals surface area contributed by atoms with Gasteiger partial charge in [0.25, 0.3) is 15.9 Å². The number of carbonyl (C=O) groups is 1. The van der Waals surface area contributed by atoms with Crippen molar-refractivity contribution < 1.29 is 17.9 Å². The fraction of sp³-hybridized carbons (Fsp3) is 0.316. The Kier molecular flexibility index (Phi) is 6.41. The van der Waals surface area contributed by atoms with Gasteiger partial charge in [0.05, 0.1) is 11.0 Å². The van der Waals surface area contributed by atoms with Gasteiger partial charge < -0.3 is 10.1 Å². The summed E-state index contributed by atoms with van der Waals surface area (Å²) in [5.74, 6) is -0.201. The van der Waals surface area contributed by atoms with Crippen LogP contribution in [0.4, 0.5) is 5.69 Å². The van der Waals surface area contributed by atoms with Gasteiger partial charge in [-0.05, 0) is 67.6 Å². The van der Waals surface area contributed by atoms with Gasteiger partial charge in [0.2, 0.25) is 0 Å². The minimum atomic E-state index is -3.67. The number of amides is 1. The molecule has 0 saturated carbocycles. The van der Waals surface area contributed by atoms with E-state index in [-0.39, 0.29) is 16.9 Å². The largest absolute Gasteiger partial charge is 0.376 e. The number of sulfonamides is 1. The maximum atomic E-state index is 12.5. The van der Waals surface area contributed by atoms with E-state index >= 15 is 0 Å². The van der Waals surface area contributed by atoms with E-state index in [9.17, 15) is 13.2 Å². The van der Waals surface area contributed by atoms with Crippen molar-refractivity contribution in [2.45, 2.75) is 28.7 Å². The van der Waals surface area contributed by atoms with Gasteiger partial charge in [-0.3, -0.25) is 9.52 Å². The Bertz CT molecular complexity index is 875. The predicted molar refractivity (Wildman–Crippen MR) is 107 cm³/mol. The highest BCUT2D eigenvalue weighted by Crippen LogP contribution is 2.20. The van der Waals surface area contributed by atoms with Crippen LogP contribution in [-0.2, 0) is 14.8 Å². The summed E-state index contributed by atoms with van der Waals surface area (Å²) in [6.45, 7) is 1.23. The summed E-state index contributed by atoms with van der Waals surface area (Å²) in [6.07, 6.45) is 3.99. The first-order valence-corrected chi connectivity index (χ1v) is 11.4. The zero-order valence-corrected chi connectivity index (χ0v) is 16.6. The van der Waals surface area contributed by atoms with E-state index in [0.717, 1.165) is 24.3 Å². The molecule has 1 atom stereocenters. The monoisotopic (exact) mass is 406 g/mol.